The van der Waals surface area contributed by atoms with E-state index in [2.05, 4.69) is 6.92 Å². The van der Waals surface area contributed by atoms with Crippen LogP contribution in [0.25, 0.3) is 0 Å². The Morgan fingerprint density at radius 3 is 2.89 bits per heavy atom. The first-order valence-corrected chi connectivity index (χ1v) is 6.27. The molecule has 1 aromatic carbocycles. The van der Waals surface area contributed by atoms with E-state index in [9.17, 15) is 9.90 Å². The highest BCUT2D eigenvalue weighted by Gasteiger charge is 2.35. The van der Waals surface area contributed by atoms with Crippen LogP contribution < -0.4 is 4.90 Å². The van der Waals surface area contributed by atoms with Crippen molar-refractivity contribution in [3.63, 3.8) is 0 Å². The van der Waals surface area contributed by atoms with Gasteiger partial charge in [0.2, 0.25) is 6.29 Å². The number of nitrogens with zero attached hydrogens (tertiary/aromatic N) is 1. The van der Waals surface area contributed by atoms with Gasteiger partial charge in [0.05, 0.1) is 18.3 Å². The Hall–Kier alpha value is -1.39. The third-order valence-corrected chi connectivity index (χ3v) is 3.33. The van der Waals surface area contributed by atoms with Crippen molar-refractivity contribution in [3.8, 4) is 0 Å². The number of hydrogen-bond donors (Lipinski definition) is 1. The van der Waals surface area contributed by atoms with E-state index in [1.165, 1.54) is 0 Å². The number of carbonyl (C=O) groups is 1. The first-order valence-electron chi connectivity index (χ1n) is 6.27. The quantitative estimate of drug-likeness (QED) is 0.866. The molecule has 1 N–H and O–H groups in total. The number of amides is 1. The van der Waals surface area contributed by atoms with Gasteiger partial charge in [-0.05, 0) is 31.4 Å². The summed E-state index contributed by atoms with van der Waals surface area (Å²) in [6.45, 7) is 6.32. The molecule has 1 amide bonds. The first-order chi connectivity index (χ1) is 8.56. The van der Waals surface area contributed by atoms with Crippen molar-refractivity contribution in [2.75, 3.05) is 11.5 Å². The third-order valence-electron chi connectivity index (χ3n) is 3.33. The molecule has 2 rings (SSSR count). The second-order valence-electron chi connectivity index (χ2n) is 4.68. The van der Waals surface area contributed by atoms with Crippen molar-refractivity contribution in [2.45, 2.75) is 39.5 Å². The van der Waals surface area contributed by atoms with Crippen molar-refractivity contribution in [2.24, 2.45) is 0 Å². The second kappa shape index (κ2) is 5.08. The number of morpholine rings is 1. The molecule has 98 valence electrons. The lowest BCUT2D eigenvalue weighted by Gasteiger charge is -2.37. The number of benzene rings is 1. The van der Waals surface area contributed by atoms with E-state index in [0.29, 0.717) is 6.61 Å². The maximum absolute atomic E-state index is 12.1. The maximum Gasteiger partial charge on any atom is 0.284 e. The van der Waals surface area contributed by atoms with E-state index >= 15 is 0 Å². The summed E-state index contributed by atoms with van der Waals surface area (Å²) in [4.78, 5) is 13.8. The summed E-state index contributed by atoms with van der Waals surface area (Å²) < 4.78 is 5.03. The number of aryl methyl sites for hydroxylation is 2. The Morgan fingerprint density at radius 2 is 2.22 bits per heavy atom. The fraction of sp³-hybridized carbons (Fsp3) is 0.500. The number of carbonyl (C=O) groups excluding carboxylic acids is 1. The Balaban J connectivity index is 2.49. The van der Waals surface area contributed by atoms with Gasteiger partial charge in [0.15, 0.2) is 0 Å². The lowest BCUT2D eigenvalue weighted by Crippen LogP contribution is -2.53. The molecular formula is C14H19NO3. The Kier molecular flexibility index (Phi) is 3.68. The Morgan fingerprint density at radius 1 is 1.50 bits per heavy atom. The number of aliphatic hydroxyl groups excluding tert-OH is 1. The Bertz CT molecular complexity index is 458. The van der Waals surface area contributed by atoms with Gasteiger partial charge in [-0.15, -0.1) is 0 Å². The largest absolute Gasteiger partial charge is 0.360 e. The summed E-state index contributed by atoms with van der Waals surface area (Å²) in [7, 11) is 0. The minimum Gasteiger partial charge on any atom is -0.360 e. The molecule has 4 heteroatoms. The van der Waals surface area contributed by atoms with E-state index in [4.69, 9.17) is 4.74 Å². The van der Waals surface area contributed by atoms with E-state index < -0.39 is 6.29 Å². The molecular weight excluding hydrogens is 230 g/mol. The summed E-state index contributed by atoms with van der Waals surface area (Å²) in [6, 6.07) is 5.93. The van der Waals surface area contributed by atoms with Gasteiger partial charge >= 0.3 is 0 Å². The Labute approximate surface area is 107 Å². The van der Waals surface area contributed by atoms with Crippen molar-refractivity contribution in [1.82, 2.24) is 0 Å². The zero-order chi connectivity index (χ0) is 13.3. The summed E-state index contributed by atoms with van der Waals surface area (Å²) >= 11 is 0. The van der Waals surface area contributed by atoms with Crippen LogP contribution in [0.3, 0.4) is 0 Å². The number of anilines is 1. The average molecular weight is 249 g/mol. The summed E-state index contributed by atoms with van der Waals surface area (Å²) in [5.41, 5.74) is 3.08. The normalized spacial score (nSPS) is 24.4. The van der Waals surface area contributed by atoms with Crippen molar-refractivity contribution in [1.29, 1.82) is 0 Å². The molecule has 2 unspecified atom stereocenters. The van der Waals surface area contributed by atoms with Crippen molar-refractivity contribution >= 4 is 11.6 Å². The van der Waals surface area contributed by atoms with Crippen LogP contribution in [0.4, 0.5) is 5.69 Å². The molecule has 1 aliphatic heterocycles. The second-order valence-corrected chi connectivity index (χ2v) is 4.68. The molecule has 0 aliphatic carbocycles. The number of ether oxygens (including phenoxy) is 1. The predicted molar refractivity (Wildman–Crippen MR) is 69.5 cm³/mol. The molecule has 1 aromatic rings. The third kappa shape index (κ3) is 2.13. The zero-order valence-corrected chi connectivity index (χ0v) is 11.0. The van der Waals surface area contributed by atoms with Crippen LogP contribution in [0.5, 0.6) is 0 Å². The van der Waals surface area contributed by atoms with Gasteiger partial charge in [-0.25, -0.2) is 0 Å². The molecule has 0 radical (unpaired) electrons. The van der Waals surface area contributed by atoms with E-state index in [1.807, 2.05) is 32.0 Å². The summed E-state index contributed by atoms with van der Waals surface area (Å²) in [5, 5.41) is 9.57. The first kappa shape index (κ1) is 13.1. The summed E-state index contributed by atoms with van der Waals surface area (Å²) in [6.07, 6.45) is -0.490. The molecule has 2 atom stereocenters. The van der Waals surface area contributed by atoms with Crippen LogP contribution in [-0.2, 0) is 16.0 Å². The maximum atomic E-state index is 12.1. The van der Waals surface area contributed by atoms with Gasteiger partial charge < -0.3 is 14.7 Å². The zero-order valence-electron chi connectivity index (χ0n) is 11.0. The van der Waals surface area contributed by atoms with Crippen LogP contribution in [0.15, 0.2) is 18.2 Å². The van der Waals surface area contributed by atoms with Gasteiger partial charge in [0.1, 0.15) is 0 Å². The van der Waals surface area contributed by atoms with Gasteiger partial charge in [0, 0.05) is 0 Å². The molecule has 4 nitrogen and oxygen atoms in total. The fourth-order valence-electron chi connectivity index (χ4n) is 2.39. The van der Waals surface area contributed by atoms with E-state index in [0.717, 1.165) is 23.2 Å². The molecule has 18 heavy (non-hydrogen) atoms. The van der Waals surface area contributed by atoms with E-state index in [-0.39, 0.29) is 11.9 Å². The SMILES string of the molecule is CCc1cccc(C)c1N1C(=O)C(O)OCC1C. The van der Waals surface area contributed by atoms with Gasteiger partial charge in [-0.3, -0.25) is 4.79 Å². The standard InChI is InChI=1S/C14H19NO3/c1-4-11-7-5-6-9(2)12(11)15-10(3)8-18-14(17)13(15)16/h5-7,10,14,17H,4,8H2,1-3H3. The lowest BCUT2D eigenvalue weighted by molar-refractivity contribution is -0.164. The minimum atomic E-state index is -1.34. The molecule has 1 saturated heterocycles. The number of para-hydroxylation sites is 1. The molecule has 0 bridgehead atoms. The van der Waals surface area contributed by atoms with Crippen LogP contribution in [-0.4, -0.2) is 30.0 Å². The van der Waals surface area contributed by atoms with Crippen LogP contribution in [0.1, 0.15) is 25.0 Å². The number of aliphatic hydroxyl groups is 1. The highest BCUT2D eigenvalue weighted by Crippen LogP contribution is 2.30. The molecule has 1 fully saturated rings. The number of rotatable bonds is 2. The number of hydrogen-bond acceptors (Lipinski definition) is 3. The van der Waals surface area contributed by atoms with Crippen molar-refractivity contribution in [3.05, 3.63) is 29.3 Å². The molecule has 0 saturated carbocycles. The van der Waals surface area contributed by atoms with E-state index in [1.54, 1.807) is 4.90 Å². The smallest absolute Gasteiger partial charge is 0.284 e. The topological polar surface area (TPSA) is 49.8 Å². The van der Waals surface area contributed by atoms with Gasteiger partial charge in [-0.2, -0.15) is 0 Å². The highest BCUT2D eigenvalue weighted by atomic mass is 16.6. The highest BCUT2D eigenvalue weighted by molar-refractivity contribution is 5.98. The van der Waals surface area contributed by atoms with Gasteiger partial charge in [0.25, 0.3) is 5.91 Å². The fourth-order valence-corrected chi connectivity index (χ4v) is 2.39. The van der Waals surface area contributed by atoms with Crippen molar-refractivity contribution < 1.29 is 14.6 Å². The molecule has 1 heterocycles. The monoisotopic (exact) mass is 249 g/mol. The lowest BCUT2D eigenvalue weighted by atomic mass is 10.0. The van der Waals surface area contributed by atoms with Gasteiger partial charge in [-0.1, -0.05) is 25.1 Å². The summed E-state index contributed by atoms with van der Waals surface area (Å²) in [5.74, 6) is -0.377. The van der Waals surface area contributed by atoms with Crippen LogP contribution in [0, 0.1) is 6.92 Å². The minimum absolute atomic E-state index is 0.0627. The predicted octanol–water partition coefficient (Wildman–Crippen LogP) is 1.63. The molecule has 0 aromatic heterocycles. The molecule has 1 aliphatic rings. The van der Waals surface area contributed by atoms with Crippen LogP contribution >= 0.6 is 0 Å². The van der Waals surface area contributed by atoms with Crippen LogP contribution in [0.2, 0.25) is 0 Å². The molecule has 0 spiro atoms. The average Bonchev–Trinajstić information content (AvgIpc) is 2.36.